The van der Waals surface area contributed by atoms with E-state index in [1.54, 1.807) is 0 Å². The van der Waals surface area contributed by atoms with Gasteiger partial charge < -0.3 is 20.1 Å². The minimum atomic E-state index is -0.953. The van der Waals surface area contributed by atoms with Crippen LogP contribution in [0.2, 0.25) is 0 Å². The van der Waals surface area contributed by atoms with Crippen LogP contribution >= 0.6 is 0 Å². The molecule has 4 fully saturated rings. The maximum atomic E-state index is 12.6. The number of allylic oxidation sites excluding steroid dienone is 2. The number of hydrogen-bond acceptors (Lipinski definition) is 5. The molecule has 10 atom stereocenters. The molecule has 6 nitrogen and oxygen atoms in total. The summed E-state index contributed by atoms with van der Waals surface area (Å²) in [4.78, 5) is 24.8. The minimum absolute atomic E-state index is 0.0474. The van der Waals surface area contributed by atoms with Gasteiger partial charge in [0.2, 0.25) is 0 Å². The second-order valence-electron chi connectivity index (χ2n) is 13.6. The van der Waals surface area contributed by atoms with Crippen LogP contribution in [0.15, 0.2) is 22.8 Å². The van der Waals surface area contributed by atoms with Crippen LogP contribution < -0.4 is 0 Å². The number of aliphatic hydroxyl groups is 2. The molecule has 5 unspecified atom stereocenters. The van der Waals surface area contributed by atoms with Gasteiger partial charge in [-0.15, -0.1) is 0 Å². The molecule has 0 aromatic heterocycles. The first-order valence-corrected chi connectivity index (χ1v) is 14.3. The second-order valence-corrected chi connectivity index (χ2v) is 13.6. The summed E-state index contributed by atoms with van der Waals surface area (Å²) in [7, 11) is 0. The molecule has 4 aliphatic rings. The van der Waals surface area contributed by atoms with E-state index >= 15 is 0 Å². The highest BCUT2D eigenvalue weighted by Gasteiger charge is 2.70. The zero-order valence-electron chi connectivity index (χ0n) is 23.8. The van der Waals surface area contributed by atoms with Crippen molar-refractivity contribution in [3.8, 4) is 0 Å². The first-order valence-electron chi connectivity index (χ1n) is 14.3. The third-order valence-corrected chi connectivity index (χ3v) is 11.6. The van der Waals surface area contributed by atoms with E-state index < -0.39 is 24.1 Å². The Morgan fingerprint density at radius 2 is 1.70 bits per heavy atom. The normalized spacial score (nSPS) is 46.2. The summed E-state index contributed by atoms with van der Waals surface area (Å²) in [5, 5.41) is 32.9. The van der Waals surface area contributed by atoms with Crippen LogP contribution in [0.1, 0.15) is 99.8 Å². The van der Waals surface area contributed by atoms with Gasteiger partial charge in [0.1, 0.15) is 6.10 Å². The number of carboxylic acids is 1. The summed E-state index contributed by atoms with van der Waals surface area (Å²) in [6, 6.07) is 0. The predicted octanol–water partition coefficient (Wildman–Crippen LogP) is 5.67. The first kappa shape index (κ1) is 28.4. The van der Waals surface area contributed by atoms with Crippen molar-refractivity contribution >= 4 is 11.9 Å². The van der Waals surface area contributed by atoms with E-state index in [4.69, 9.17) is 4.74 Å². The molecule has 0 heterocycles. The number of fused-ring (bicyclic) bond motifs is 5. The van der Waals surface area contributed by atoms with Gasteiger partial charge in [-0.3, -0.25) is 4.79 Å². The van der Waals surface area contributed by atoms with Gasteiger partial charge in [0.05, 0.1) is 12.2 Å². The number of ether oxygens (including phenoxy) is 1. The van der Waals surface area contributed by atoms with Gasteiger partial charge in [-0.2, -0.15) is 0 Å². The topological polar surface area (TPSA) is 104 Å². The van der Waals surface area contributed by atoms with Crippen molar-refractivity contribution < 1.29 is 29.6 Å². The molecule has 4 rings (SSSR count). The van der Waals surface area contributed by atoms with Crippen LogP contribution in [0.4, 0.5) is 0 Å². The van der Waals surface area contributed by atoms with Gasteiger partial charge in [-0.05, 0) is 111 Å². The molecular formula is C31H48O6. The van der Waals surface area contributed by atoms with E-state index in [9.17, 15) is 24.9 Å². The Hall–Kier alpha value is -1.66. The number of carbonyl (C=O) groups is 2. The first-order chi connectivity index (χ1) is 17.2. The van der Waals surface area contributed by atoms with Gasteiger partial charge in [0, 0.05) is 12.5 Å². The summed E-state index contributed by atoms with van der Waals surface area (Å²) >= 11 is 0. The Kier molecular flexibility index (Phi) is 7.53. The fraction of sp³-hybridized carbons (Fsp3) is 0.806. The van der Waals surface area contributed by atoms with Crippen LogP contribution in [0.5, 0.6) is 0 Å². The average Bonchev–Trinajstić information content (AvgIpc) is 3.05. The lowest BCUT2D eigenvalue weighted by Gasteiger charge is -2.69. The summed E-state index contributed by atoms with van der Waals surface area (Å²) in [6.07, 6.45) is 6.22. The molecule has 0 bridgehead atoms. The molecule has 0 radical (unpaired) electrons. The van der Waals surface area contributed by atoms with Crippen LogP contribution in [0.25, 0.3) is 0 Å². The van der Waals surface area contributed by atoms with Crippen molar-refractivity contribution in [3.05, 3.63) is 22.8 Å². The van der Waals surface area contributed by atoms with Crippen molar-refractivity contribution in [3.63, 3.8) is 0 Å². The molecule has 0 aromatic rings. The monoisotopic (exact) mass is 516 g/mol. The van der Waals surface area contributed by atoms with E-state index in [1.165, 1.54) is 6.92 Å². The van der Waals surface area contributed by atoms with E-state index in [2.05, 4.69) is 27.7 Å². The number of rotatable bonds is 5. The van der Waals surface area contributed by atoms with Crippen LogP contribution in [-0.4, -0.2) is 45.6 Å². The summed E-state index contributed by atoms with van der Waals surface area (Å²) in [5.41, 5.74) is 1.57. The number of esters is 1. The molecule has 37 heavy (non-hydrogen) atoms. The van der Waals surface area contributed by atoms with E-state index in [-0.39, 0.29) is 40.1 Å². The SMILES string of the molecule is CC(=O)OC1C[C@]2(C)[C@@H](CC(O)C3[C@]4(C)CCC(O)C(C)[C@@H]4CC[C@]32C)/C1=C(/CCC=C(C)C)C(=O)O. The van der Waals surface area contributed by atoms with Crippen LogP contribution in [0.3, 0.4) is 0 Å². The van der Waals surface area contributed by atoms with Crippen molar-refractivity contribution in [1.82, 2.24) is 0 Å². The summed E-state index contributed by atoms with van der Waals surface area (Å²) in [6.45, 7) is 14.5. The molecular weight excluding hydrogens is 468 g/mol. The molecule has 3 N–H and O–H groups in total. The highest BCUT2D eigenvalue weighted by atomic mass is 16.5. The maximum Gasteiger partial charge on any atom is 0.331 e. The molecule has 4 saturated carbocycles. The molecule has 0 amide bonds. The van der Waals surface area contributed by atoms with Crippen LogP contribution in [0, 0.1) is 39.9 Å². The number of hydrogen-bond donors (Lipinski definition) is 3. The van der Waals surface area contributed by atoms with Crippen molar-refractivity contribution in [2.45, 2.75) is 118 Å². The van der Waals surface area contributed by atoms with E-state index in [0.717, 1.165) is 36.8 Å². The second kappa shape index (κ2) is 9.82. The lowest BCUT2D eigenvalue weighted by Crippen LogP contribution is -2.65. The quantitative estimate of drug-likeness (QED) is 0.247. The molecule has 0 aromatic carbocycles. The smallest absolute Gasteiger partial charge is 0.331 e. The van der Waals surface area contributed by atoms with Gasteiger partial charge >= 0.3 is 11.9 Å². The van der Waals surface area contributed by atoms with Crippen LogP contribution in [-0.2, 0) is 14.3 Å². The van der Waals surface area contributed by atoms with Gasteiger partial charge in [-0.1, -0.05) is 39.3 Å². The Bertz CT molecular complexity index is 994. The van der Waals surface area contributed by atoms with E-state index in [1.807, 2.05) is 19.9 Å². The Balaban J connectivity index is 1.82. The molecule has 6 heteroatoms. The van der Waals surface area contributed by atoms with Crippen molar-refractivity contribution in [1.29, 1.82) is 0 Å². The molecule has 0 saturated heterocycles. The molecule has 208 valence electrons. The largest absolute Gasteiger partial charge is 0.478 e. The maximum absolute atomic E-state index is 12.6. The standard InChI is InChI=1S/C31H48O6/c1-17(2)9-8-10-20(28(35)36)26-22-15-24(34)27-29(5)13-12-23(33)18(3)21(29)11-14-30(27,6)31(22,7)16-25(26)37-19(4)32/h9,18,21-25,27,33-34H,8,10-16H2,1-7H3,(H,35,36)/b26-20+/t18?,21-,22-,23?,24?,25?,27?,29+,30+,31+/m0/s1. The molecule has 0 spiro atoms. The lowest BCUT2D eigenvalue weighted by atomic mass is 9.36. The van der Waals surface area contributed by atoms with Crippen molar-refractivity contribution in [2.75, 3.05) is 0 Å². The highest BCUT2D eigenvalue weighted by molar-refractivity contribution is 5.88. The number of aliphatic hydroxyl groups excluding tert-OH is 2. The summed E-state index contributed by atoms with van der Waals surface area (Å²) in [5.74, 6) is -0.909. The highest BCUT2D eigenvalue weighted by Crippen LogP contribution is 2.74. The zero-order valence-corrected chi connectivity index (χ0v) is 23.8. The molecule has 0 aliphatic heterocycles. The van der Waals surface area contributed by atoms with Crippen molar-refractivity contribution in [2.24, 2.45) is 39.9 Å². The number of aliphatic carboxylic acids is 1. The van der Waals surface area contributed by atoms with Gasteiger partial charge in [0.25, 0.3) is 0 Å². The Labute approximate surface area is 222 Å². The number of carbonyl (C=O) groups excluding carboxylic acids is 1. The fourth-order valence-electron chi connectivity index (χ4n) is 9.79. The predicted molar refractivity (Wildman–Crippen MR) is 143 cm³/mol. The Morgan fingerprint density at radius 1 is 1.03 bits per heavy atom. The third kappa shape index (κ3) is 4.40. The van der Waals surface area contributed by atoms with E-state index in [0.29, 0.717) is 37.2 Å². The van der Waals surface area contributed by atoms with Gasteiger partial charge in [0.15, 0.2) is 0 Å². The Morgan fingerprint density at radius 3 is 2.30 bits per heavy atom. The molecule has 4 aliphatic carbocycles. The summed E-state index contributed by atoms with van der Waals surface area (Å²) < 4.78 is 5.87. The zero-order chi connectivity index (χ0) is 27.5. The number of carboxylic acid groups (broad SMARTS) is 1. The lowest BCUT2D eigenvalue weighted by molar-refractivity contribution is -0.234. The average molecular weight is 517 g/mol. The minimum Gasteiger partial charge on any atom is -0.478 e. The third-order valence-electron chi connectivity index (χ3n) is 11.6. The van der Waals surface area contributed by atoms with Gasteiger partial charge in [-0.25, -0.2) is 4.79 Å². The fourth-order valence-corrected chi connectivity index (χ4v) is 9.79.